The first-order valence-electron chi connectivity index (χ1n) is 12.4. The lowest BCUT2D eigenvalue weighted by atomic mass is 9.97. The van der Waals surface area contributed by atoms with Crippen LogP contribution in [0, 0.1) is 0 Å². The Balaban J connectivity index is 1.12. The number of aromatic nitrogens is 3. The largest absolute Gasteiger partial charge is 0.496 e. The van der Waals surface area contributed by atoms with Crippen molar-refractivity contribution in [2.45, 2.75) is 18.8 Å². The molecule has 0 saturated carbocycles. The number of para-hydroxylation sites is 2. The number of ether oxygens (including phenoxy) is 1. The summed E-state index contributed by atoms with van der Waals surface area (Å²) >= 11 is 1.49. The van der Waals surface area contributed by atoms with E-state index in [1.54, 1.807) is 24.8 Å². The molecular weight excluding hydrogens is 498 g/mol. The molecule has 190 valence electrons. The summed E-state index contributed by atoms with van der Waals surface area (Å²) in [5, 5.41) is 7.51. The quantitative estimate of drug-likeness (QED) is 0.326. The molecule has 0 spiro atoms. The Morgan fingerprint density at radius 2 is 1.82 bits per heavy atom. The van der Waals surface area contributed by atoms with Crippen LogP contribution in [0.25, 0.3) is 21.8 Å². The number of piperidine rings is 1. The summed E-state index contributed by atoms with van der Waals surface area (Å²) < 4.78 is 5.51. The highest BCUT2D eigenvalue weighted by Gasteiger charge is 2.28. The van der Waals surface area contributed by atoms with Crippen LogP contribution in [0.1, 0.15) is 44.7 Å². The van der Waals surface area contributed by atoms with Crippen molar-refractivity contribution < 1.29 is 14.3 Å². The van der Waals surface area contributed by atoms with Crippen molar-refractivity contribution >= 4 is 50.6 Å². The summed E-state index contributed by atoms with van der Waals surface area (Å²) in [4.78, 5) is 41.6. The zero-order valence-corrected chi connectivity index (χ0v) is 21.6. The van der Waals surface area contributed by atoms with Crippen LogP contribution in [-0.4, -0.2) is 51.9 Å². The number of methoxy groups -OCH3 is 1. The van der Waals surface area contributed by atoms with E-state index in [4.69, 9.17) is 4.74 Å². The Morgan fingerprint density at radius 1 is 1.00 bits per heavy atom. The number of nitrogens with zero attached hydrogens (tertiary/aromatic N) is 4. The molecule has 0 atom stereocenters. The molecule has 8 nitrogen and oxygen atoms in total. The van der Waals surface area contributed by atoms with Crippen molar-refractivity contribution in [2.75, 3.05) is 25.5 Å². The van der Waals surface area contributed by atoms with E-state index in [0.29, 0.717) is 35.9 Å². The Morgan fingerprint density at radius 3 is 2.66 bits per heavy atom. The summed E-state index contributed by atoms with van der Waals surface area (Å²) in [7, 11) is 1.60. The molecule has 0 radical (unpaired) electrons. The van der Waals surface area contributed by atoms with Gasteiger partial charge >= 0.3 is 0 Å². The van der Waals surface area contributed by atoms with Crippen molar-refractivity contribution in [1.29, 1.82) is 0 Å². The lowest BCUT2D eigenvalue weighted by Crippen LogP contribution is -2.38. The minimum Gasteiger partial charge on any atom is -0.496 e. The molecule has 0 bridgehead atoms. The standard InChI is InChI=1S/C29H25N5O3S/c1-37-25-16-23(31-21-9-3-2-8-20(21)25)29(36)34-14-11-19(12-15-34)28-33-24(17-38-28)27(35)32-22-10-4-6-18-7-5-13-30-26(18)22/h2-10,13,16-17,19H,11-12,14-15H2,1H3,(H,32,35). The third-order valence-electron chi connectivity index (χ3n) is 6.88. The van der Waals surface area contributed by atoms with Crippen LogP contribution in [0.4, 0.5) is 5.69 Å². The minimum absolute atomic E-state index is 0.101. The number of rotatable bonds is 5. The van der Waals surface area contributed by atoms with Crippen molar-refractivity contribution in [3.8, 4) is 5.75 Å². The van der Waals surface area contributed by atoms with Crippen LogP contribution in [0.15, 0.2) is 72.2 Å². The number of carbonyl (C=O) groups excluding carboxylic acids is 2. The molecule has 1 fully saturated rings. The fourth-order valence-electron chi connectivity index (χ4n) is 4.88. The number of thiazole rings is 1. The molecule has 0 unspecified atom stereocenters. The molecule has 1 aliphatic rings. The predicted molar refractivity (Wildman–Crippen MR) is 148 cm³/mol. The van der Waals surface area contributed by atoms with Crippen molar-refractivity contribution in [3.05, 3.63) is 88.6 Å². The van der Waals surface area contributed by atoms with E-state index in [2.05, 4.69) is 20.3 Å². The van der Waals surface area contributed by atoms with Crippen LogP contribution in [0.5, 0.6) is 5.75 Å². The zero-order valence-electron chi connectivity index (χ0n) is 20.8. The molecule has 9 heteroatoms. The third kappa shape index (κ3) is 4.56. The maximum Gasteiger partial charge on any atom is 0.275 e. The number of anilines is 1. The van der Waals surface area contributed by atoms with Gasteiger partial charge in [0.2, 0.25) is 0 Å². The average Bonchev–Trinajstić information content (AvgIpc) is 3.47. The van der Waals surface area contributed by atoms with Crippen molar-refractivity contribution in [2.24, 2.45) is 0 Å². The minimum atomic E-state index is -0.255. The summed E-state index contributed by atoms with van der Waals surface area (Å²) in [5.74, 6) is 0.482. The maximum atomic E-state index is 13.3. The summed E-state index contributed by atoms with van der Waals surface area (Å²) in [6.07, 6.45) is 3.26. The second-order valence-electron chi connectivity index (χ2n) is 9.20. The van der Waals surface area contributed by atoms with Crippen LogP contribution in [-0.2, 0) is 0 Å². The highest BCUT2D eigenvalue weighted by Crippen LogP contribution is 2.32. The van der Waals surface area contributed by atoms with Gasteiger partial charge < -0.3 is 15.0 Å². The Labute approximate surface area is 223 Å². The SMILES string of the molecule is COc1cc(C(=O)N2CCC(c3nc(C(=O)Nc4cccc5cccnc45)cs3)CC2)nc2ccccc12. The van der Waals surface area contributed by atoms with Crippen LogP contribution < -0.4 is 10.1 Å². The van der Waals surface area contributed by atoms with E-state index in [-0.39, 0.29) is 17.7 Å². The van der Waals surface area contributed by atoms with E-state index < -0.39 is 0 Å². The van der Waals surface area contributed by atoms with Crippen LogP contribution in [0.2, 0.25) is 0 Å². The topological polar surface area (TPSA) is 97.3 Å². The van der Waals surface area contributed by atoms with Gasteiger partial charge in [-0.25, -0.2) is 9.97 Å². The first-order valence-corrected chi connectivity index (χ1v) is 13.3. The molecule has 2 aromatic carbocycles. The number of hydrogen-bond donors (Lipinski definition) is 1. The highest BCUT2D eigenvalue weighted by molar-refractivity contribution is 7.10. The number of pyridine rings is 2. The third-order valence-corrected chi connectivity index (χ3v) is 7.89. The van der Waals surface area contributed by atoms with E-state index >= 15 is 0 Å². The number of fused-ring (bicyclic) bond motifs is 2. The summed E-state index contributed by atoms with van der Waals surface area (Å²) in [6.45, 7) is 1.20. The number of hydrogen-bond acceptors (Lipinski definition) is 7. The molecular formula is C29H25N5O3S. The van der Waals surface area contributed by atoms with Gasteiger partial charge in [0.1, 0.15) is 17.1 Å². The van der Waals surface area contributed by atoms with Gasteiger partial charge in [0.25, 0.3) is 11.8 Å². The van der Waals surface area contributed by atoms with Gasteiger partial charge in [0.15, 0.2) is 0 Å². The van der Waals surface area contributed by atoms with E-state index in [0.717, 1.165) is 39.7 Å². The first kappa shape index (κ1) is 24.0. The normalized spacial score (nSPS) is 14.1. The van der Waals surface area contributed by atoms with Gasteiger partial charge in [0, 0.05) is 47.4 Å². The van der Waals surface area contributed by atoms with E-state index in [9.17, 15) is 9.59 Å². The Hall–Kier alpha value is -4.37. The summed E-state index contributed by atoms with van der Waals surface area (Å²) in [5.41, 5.74) is 2.92. The number of amides is 2. The lowest BCUT2D eigenvalue weighted by molar-refractivity contribution is 0.0707. The second kappa shape index (κ2) is 10.2. The zero-order chi connectivity index (χ0) is 26.1. The molecule has 6 rings (SSSR count). The van der Waals surface area contributed by atoms with E-state index in [1.807, 2.05) is 59.5 Å². The first-order chi connectivity index (χ1) is 18.6. The van der Waals surface area contributed by atoms with Gasteiger partial charge in [-0.1, -0.05) is 30.3 Å². The van der Waals surface area contributed by atoms with E-state index in [1.165, 1.54) is 11.3 Å². The monoisotopic (exact) mass is 523 g/mol. The molecule has 4 heterocycles. The van der Waals surface area contributed by atoms with Crippen molar-refractivity contribution in [1.82, 2.24) is 19.9 Å². The smallest absolute Gasteiger partial charge is 0.275 e. The summed E-state index contributed by atoms with van der Waals surface area (Å²) in [6, 6.07) is 18.9. The molecule has 2 amide bonds. The molecule has 0 aliphatic carbocycles. The Kier molecular flexibility index (Phi) is 6.43. The molecule has 1 N–H and O–H groups in total. The fourth-order valence-corrected chi connectivity index (χ4v) is 5.86. The van der Waals surface area contributed by atoms with Gasteiger partial charge in [-0.05, 0) is 37.1 Å². The highest BCUT2D eigenvalue weighted by atomic mass is 32.1. The van der Waals surface area contributed by atoms with Gasteiger partial charge in [-0.3, -0.25) is 14.6 Å². The lowest BCUT2D eigenvalue weighted by Gasteiger charge is -2.31. The molecule has 1 saturated heterocycles. The van der Waals surface area contributed by atoms with Gasteiger partial charge in [-0.15, -0.1) is 11.3 Å². The number of nitrogens with one attached hydrogen (secondary N) is 1. The number of carbonyl (C=O) groups is 2. The molecule has 5 aromatic rings. The Bertz CT molecular complexity index is 1650. The van der Waals surface area contributed by atoms with Crippen LogP contribution in [0.3, 0.4) is 0 Å². The predicted octanol–water partition coefficient (Wildman–Crippen LogP) is 5.52. The number of likely N-dealkylation sites (tertiary alicyclic amines) is 1. The number of benzene rings is 2. The maximum absolute atomic E-state index is 13.3. The average molecular weight is 524 g/mol. The fraction of sp³-hybridized carbons (Fsp3) is 0.207. The molecule has 38 heavy (non-hydrogen) atoms. The van der Waals surface area contributed by atoms with Crippen LogP contribution >= 0.6 is 11.3 Å². The van der Waals surface area contributed by atoms with Gasteiger partial charge in [0.05, 0.1) is 28.8 Å². The van der Waals surface area contributed by atoms with Gasteiger partial charge in [-0.2, -0.15) is 0 Å². The van der Waals surface area contributed by atoms with Crippen molar-refractivity contribution in [3.63, 3.8) is 0 Å². The molecule has 3 aromatic heterocycles. The molecule has 1 aliphatic heterocycles. The second-order valence-corrected chi connectivity index (χ2v) is 10.1.